The molecule has 0 spiro atoms. The smallest absolute Gasteiger partial charge is 0.357 e. The lowest BCUT2D eigenvalue weighted by atomic mass is 10.1. The lowest BCUT2D eigenvalue weighted by Crippen LogP contribution is -2.60. The Hall–Kier alpha value is -1.92. The highest BCUT2D eigenvalue weighted by Gasteiger charge is 2.37. The molecule has 1 fully saturated rings. The highest BCUT2D eigenvalue weighted by molar-refractivity contribution is 5.89. The first-order valence-electron chi connectivity index (χ1n) is 7.53. The predicted molar refractivity (Wildman–Crippen MR) is 83.1 cm³/mol. The van der Waals surface area contributed by atoms with Crippen molar-refractivity contribution in [2.24, 2.45) is 0 Å². The Bertz CT molecular complexity index is 521. The van der Waals surface area contributed by atoms with Gasteiger partial charge in [-0.1, -0.05) is 18.2 Å². The van der Waals surface area contributed by atoms with Crippen molar-refractivity contribution in [3.05, 3.63) is 35.9 Å². The molecule has 22 heavy (non-hydrogen) atoms. The Balaban J connectivity index is 2.01. The molecule has 2 rings (SSSR count). The van der Waals surface area contributed by atoms with Crippen LogP contribution in [0.5, 0.6) is 0 Å². The molecule has 0 aliphatic carbocycles. The van der Waals surface area contributed by atoms with E-state index in [4.69, 9.17) is 4.84 Å². The van der Waals surface area contributed by atoms with Crippen LogP contribution in [0.3, 0.4) is 0 Å². The Labute approximate surface area is 131 Å². The third kappa shape index (κ3) is 3.64. The molecular weight excluding hydrogens is 282 g/mol. The Morgan fingerprint density at radius 2 is 2.00 bits per heavy atom. The zero-order chi connectivity index (χ0) is 16.1. The predicted octanol–water partition coefficient (Wildman–Crippen LogP) is 0.899. The molecule has 0 radical (unpaired) electrons. The Morgan fingerprint density at radius 3 is 2.64 bits per heavy atom. The number of hydrogen-bond acceptors (Lipinski definition) is 5. The van der Waals surface area contributed by atoms with Crippen molar-refractivity contribution in [2.75, 3.05) is 26.7 Å². The van der Waals surface area contributed by atoms with Crippen molar-refractivity contribution in [1.29, 1.82) is 0 Å². The summed E-state index contributed by atoms with van der Waals surface area (Å²) in [5.74, 6) is -0.453. The van der Waals surface area contributed by atoms with Gasteiger partial charge in [0.1, 0.15) is 6.04 Å². The fourth-order valence-electron chi connectivity index (χ4n) is 2.51. The quantitative estimate of drug-likeness (QED) is 0.876. The van der Waals surface area contributed by atoms with Gasteiger partial charge in [0.15, 0.2) is 0 Å². The van der Waals surface area contributed by atoms with Crippen LogP contribution < -0.4 is 5.32 Å². The summed E-state index contributed by atoms with van der Waals surface area (Å²) in [5.41, 5.74) is 0.479. The van der Waals surface area contributed by atoms with Crippen LogP contribution in [0, 0.1) is 0 Å². The Morgan fingerprint density at radius 1 is 1.32 bits per heavy atom. The number of piperazine rings is 1. The van der Waals surface area contributed by atoms with E-state index in [1.807, 2.05) is 24.9 Å². The summed E-state index contributed by atoms with van der Waals surface area (Å²) in [7, 11) is 1.86. The van der Waals surface area contributed by atoms with Gasteiger partial charge in [-0.2, -0.15) is 0 Å². The fourth-order valence-corrected chi connectivity index (χ4v) is 2.51. The van der Waals surface area contributed by atoms with E-state index in [-0.39, 0.29) is 11.9 Å². The molecule has 1 aromatic rings. The van der Waals surface area contributed by atoms with Gasteiger partial charge >= 0.3 is 5.97 Å². The van der Waals surface area contributed by atoms with Gasteiger partial charge in [0.05, 0.1) is 12.1 Å². The molecule has 0 aromatic heterocycles. The van der Waals surface area contributed by atoms with Crippen LogP contribution in [0.25, 0.3) is 0 Å². The first-order valence-corrected chi connectivity index (χ1v) is 7.53. The lowest BCUT2D eigenvalue weighted by Gasteiger charge is -2.41. The number of carbonyl (C=O) groups excluding carboxylic acids is 2. The normalized spacial score (nSPS) is 22.7. The summed E-state index contributed by atoms with van der Waals surface area (Å²) in [6, 6.07) is 8.32. The number of hydroxylamine groups is 2. The number of nitrogens with one attached hydrogen (secondary N) is 1. The Kier molecular flexibility index (Phi) is 5.51. The van der Waals surface area contributed by atoms with Gasteiger partial charge in [-0.25, -0.2) is 4.79 Å². The maximum Gasteiger partial charge on any atom is 0.357 e. The van der Waals surface area contributed by atoms with E-state index >= 15 is 0 Å². The second kappa shape index (κ2) is 7.38. The van der Waals surface area contributed by atoms with Gasteiger partial charge in [-0.15, -0.1) is 5.06 Å². The van der Waals surface area contributed by atoms with Crippen molar-refractivity contribution < 1.29 is 14.4 Å². The molecule has 6 heteroatoms. The number of benzene rings is 1. The minimum Gasteiger partial charge on any atom is -0.363 e. The molecule has 0 bridgehead atoms. The van der Waals surface area contributed by atoms with Gasteiger partial charge in [0.2, 0.25) is 5.91 Å². The van der Waals surface area contributed by atoms with E-state index in [9.17, 15) is 9.59 Å². The fraction of sp³-hybridized carbons (Fsp3) is 0.500. The molecule has 1 aliphatic rings. The number of carbonyl (C=O) groups is 2. The molecule has 0 saturated carbocycles. The first kappa shape index (κ1) is 16.5. The molecule has 1 amide bonds. The average molecular weight is 305 g/mol. The van der Waals surface area contributed by atoms with Crippen LogP contribution in [0.15, 0.2) is 30.3 Å². The molecule has 1 N–H and O–H groups in total. The molecule has 2 atom stereocenters. The third-order valence-corrected chi connectivity index (χ3v) is 3.86. The number of amides is 1. The molecule has 0 unspecified atom stereocenters. The minimum absolute atomic E-state index is 0.000577. The van der Waals surface area contributed by atoms with Crippen LogP contribution in [0.2, 0.25) is 0 Å². The number of hydrogen-bond donors (Lipinski definition) is 1. The zero-order valence-corrected chi connectivity index (χ0v) is 13.3. The van der Waals surface area contributed by atoms with Crippen LogP contribution in [0.1, 0.15) is 24.2 Å². The SMILES string of the molecule is CNCCN1C(=O)[C@H](C)N(OC(=O)c2ccccc2)C[C@H]1C. The lowest BCUT2D eigenvalue weighted by molar-refractivity contribution is -0.185. The second-order valence-electron chi connectivity index (χ2n) is 5.50. The van der Waals surface area contributed by atoms with Crippen LogP contribution in [0.4, 0.5) is 0 Å². The topological polar surface area (TPSA) is 61.9 Å². The first-order chi connectivity index (χ1) is 10.5. The monoisotopic (exact) mass is 305 g/mol. The summed E-state index contributed by atoms with van der Waals surface area (Å²) >= 11 is 0. The van der Waals surface area contributed by atoms with Crippen LogP contribution in [-0.4, -0.2) is 60.6 Å². The molecule has 1 aliphatic heterocycles. The van der Waals surface area contributed by atoms with Crippen LogP contribution >= 0.6 is 0 Å². The molecule has 120 valence electrons. The number of likely N-dealkylation sites (N-methyl/N-ethyl adjacent to an activating group) is 1. The van der Waals surface area contributed by atoms with E-state index in [2.05, 4.69) is 5.32 Å². The van der Waals surface area contributed by atoms with Crippen molar-refractivity contribution in [2.45, 2.75) is 25.9 Å². The van der Waals surface area contributed by atoms with E-state index < -0.39 is 12.0 Å². The van der Waals surface area contributed by atoms with Gasteiger partial charge in [-0.05, 0) is 33.0 Å². The maximum absolute atomic E-state index is 12.4. The van der Waals surface area contributed by atoms with Crippen molar-refractivity contribution in [3.63, 3.8) is 0 Å². The van der Waals surface area contributed by atoms with Gasteiger partial charge in [0, 0.05) is 19.1 Å². The standard InChI is InChI=1S/C16H23N3O3/c1-12-11-19(13(2)15(20)18(12)10-9-17-3)22-16(21)14-7-5-4-6-8-14/h4-8,12-13,17H,9-11H2,1-3H3/t12-,13+/m1/s1. The molecule has 6 nitrogen and oxygen atoms in total. The van der Waals surface area contributed by atoms with Crippen molar-refractivity contribution in [3.8, 4) is 0 Å². The minimum atomic E-state index is -0.472. The highest BCUT2D eigenvalue weighted by Crippen LogP contribution is 2.18. The number of nitrogens with zero attached hydrogens (tertiary/aromatic N) is 2. The van der Waals surface area contributed by atoms with Crippen molar-refractivity contribution >= 4 is 11.9 Å². The van der Waals surface area contributed by atoms with Crippen LogP contribution in [-0.2, 0) is 9.63 Å². The third-order valence-electron chi connectivity index (χ3n) is 3.86. The molecule has 1 heterocycles. The summed E-state index contributed by atoms with van der Waals surface area (Å²) < 4.78 is 0. The van der Waals surface area contributed by atoms with Gasteiger partial charge < -0.3 is 15.1 Å². The average Bonchev–Trinajstić information content (AvgIpc) is 2.53. The van der Waals surface area contributed by atoms with E-state index in [0.717, 1.165) is 6.54 Å². The van der Waals surface area contributed by atoms with Gasteiger partial charge in [0.25, 0.3) is 0 Å². The van der Waals surface area contributed by atoms with Crippen molar-refractivity contribution in [1.82, 2.24) is 15.3 Å². The highest BCUT2D eigenvalue weighted by atomic mass is 16.7. The summed E-state index contributed by atoms with van der Waals surface area (Å²) in [4.78, 5) is 31.8. The summed E-state index contributed by atoms with van der Waals surface area (Å²) in [5, 5.41) is 4.53. The summed E-state index contributed by atoms with van der Waals surface area (Å²) in [6.07, 6.45) is 0. The molecular formula is C16H23N3O3. The maximum atomic E-state index is 12.4. The zero-order valence-electron chi connectivity index (χ0n) is 13.3. The summed E-state index contributed by atoms with van der Waals surface area (Å²) in [6.45, 7) is 5.63. The molecule has 1 saturated heterocycles. The van der Waals surface area contributed by atoms with E-state index in [1.165, 1.54) is 5.06 Å². The van der Waals surface area contributed by atoms with Gasteiger partial charge in [-0.3, -0.25) is 4.79 Å². The largest absolute Gasteiger partial charge is 0.363 e. The second-order valence-corrected chi connectivity index (χ2v) is 5.50. The van der Waals surface area contributed by atoms with E-state index in [1.54, 1.807) is 31.2 Å². The number of rotatable bonds is 5. The molecule has 1 aromatic carbocycles. The van der Waals surface area contributed by atoms with E-state index in [0.29, 0.717) is 18.7 Å².